The molecular formula is C29H32N4O5. The molecule has 0 radical (unpaired) electrons. The summed E-state index contributed by atoms with van der Waals surface area (Å²) < 4.78 is 5.48. The Morgan fingerprint density at radius 1 is 0.974 bits per heavy atom. The van der Waals surface area contributed by atoms with Crippen molar-refractivity contribution in [2.75, 3.05) is 36.1 Å². The number of carbonyl (C=O) groups excluding carboxylic acids is 2. The van der Waals surface area contributed by atoms with Crippen LogP contribution in [0.15, 0.2) is 66.7 Å². The molecule has 3 amide bonds. The first-order valence-corrected chi connectivity index (χ1v) is 12.5. The third-order valence-corrected chi connectivity index (χ3v) is 6.65. The number of rotatable bonds is 9. The molecule has 1 unspecified atom stereocenters. The molecule has 9 heteroatoms. The van der Waals surface area contributed by atoms with Crippen LogP contribution < -0.4 is 20.7 Å². The van der Waals surface area contributed by atoms with E-state index < -0.39 is 12.0 Å². The van der Waals surface area contributed by atoms with E-state index in [0.29, 0.717) is 35.9 Å². The quantitative estimate of drug-likeness (QED) is 0.318. The van der Waals surface area contributed by atoms with E-state index in [4.69, 9.17) is 4.74 Å². The van der Waals surface area contributed by atoms with Gasteiger partial charge in [0.25, 0.3) is 0 Å². The number of amides is 3. The van der Waals surface area contributed by atoms with Crippen LogP contribution in [0.5, 0.6) is 5.75 Å². The molecule has 0 aliphatic carbocycles. The lowest BCUT2D eigenvalue weighted by molar-refractivity contribution is -0.131. The third kappa shape index (κ3) is 6.42. The van der Waals surface area contributed by atoms with Gasteiger partial charge in [0.05, 0.1) is 24.8 Å². The number of nitrogens with one attached hydrogen (secondary N) is 3. The first-order chi connectivity index (χ1) is 18.4. The van der Waals surface area contributed by atoms with E-state index in [1.54, 1.807) is 42.5 Å². The Labute approximate surface area is 221 Å². The molecule has 3 aromatic carbocycles. The maximum absolute atomic E-state index is 13.2. The number of aryl methyl sites for hydroxylation is 1. The molecule has 38 heavy (non-hydrogen) atoms. The highest BCUT2D eigenvalue weighted by molar-refractivity contribution is 6.01. The Bertz CT molecular complexity index is 1330. The van der Waals surface area contributed by atoms with Gasteiger partial charge in [-0.2, -0.15) is 0 Å². The van der Waals surface area contributed by atoms with Crippen molar-refractivity contribution < 1.29 is 24.2 Å². The van der Waals surface area contributed by atoms with Crippen molar-refractivity contribution in [2.45, 2.75) is 32.2 Å². The number of urea groups is 1. The summed E-state index contributed by atoms with van der Waals surface area (Å²) in [5.74, 6) is -0.548. The summed E-state index contributed by atoms with van der Waals surface area (Å²) in [5, 5.41) is 18.2. The Balaban J connectivity index is 1.37. The van der Waals surface area contributed by atoms with Crippen LogP contribution in [0, 0.1) is 6.92 Å². The number of hydrogen-bond acceptors (Lipinski definition) is 5. The predicted octanol–water partition coefficient (Wildman–Crippen LogP) is 4.99. The van der Waals surface area contributed by atoms with Crippen molar-refractivity contribution in [3.8, 4) is 5.75 Å². The minimum Gasteiger partial charge on any atom is -0.495 e. The summed E-state index contributed by atoms with van der Waals surface area (Å²) in [5.41, 5.74) is 3.68. The van der Waals surface area contributed by atoms with Gasteiger partial charge in [-0.15, -0.1) is 0 Å². The number of para-hydroxylation sites is 2. The smallest absolute Gasteiger partial charge is 0.337 e. The van der Waals surface area contributed by atoms with E-state index in [9.17, 15) is 19.5 Å². The highest BCUT2D eigenvalue weighted by Gasteiger charge is 2.29. The number of benzene rings is 3. The van der Waals surface area contributed by atoms with E-state index in [0.717, 1.165) is 24.0 Å². The van der Waals surface area contributed by atoms with Crippen molar-refractivity contribution in [2.24, 2.45) is 0 Å². The molecule has 1 saturated heterocycles. The van der Waals surface area contributed by atoms with Crippen LogP contribution in [-0.2, 0) is 11.2 Å². The highest BCUT2D eigenvalue weighted by Crippen LogP contribution is 2.27. The topological polar surface area (TPSA) is 120 Å². The maximum Gasteiger partial charge on any atom is 0.337 e. The van der Waals surface area contributed by atoms with Gasteiger partial charge in [0.2, 0.25) is 5.91 Å². The van der Waals surface area contributed by atoms with Gasteiger partial charge in [-0.25, -0.2) is 9.59 Å². The number of ether oxygens (including phenoxy) is 1. The fourth-order valence-corrected chi connectivity index (χ4v) is 4.64. The second-order valence-corrected chi connectivity index (χ2v) is 9.22. The molecule has 9 nitrogen and oxygen atoms in total. The van der Waals surface area contributed by atoms with Crippen molar-refractivity contribution in [1.29, 1.82) is 0 Å². The number of methoxy groups -OCH3 is 1. The maximum atomic E-state index is 13.2. The number of likely N-dealkylation sites (tertiary alicyclic amines) is 1. The summed E-state index contributed by atoms with van der Waals surface area (Å²) >= 11 is 0. The fraction of sp³-hybridized carbons (Fsp3) is 0.276. The van der Waals surface area contributed by atoms with Gasteiger partial charge in [0.1, 0.15) is 5.75 Å². The molecule has 0 spiro atoms. The molecule has 0 aromatic heterocycles. The zero-order valence-electron chi connectivity index (χ0n) is 21.5. The van der Waals surface area contributed by atoms with Crippen molar-refractivity contribution in [3.05, 3.63) is 83.4 Å². The Kier molecular flexibility index (Phi) is 8.47. The van der Waals surface area contributed by atoms with Gasteiger partial charge >= 0.3 is 12.0 Å². The van der Waals surface area contributed by atoms with Crippen LogP contribution in [0.4, 0.5) is 21.9 Å². The van der Waals surface area contributed by atoms with Crippen molar-refractivity contribution >= 4 is 35.0 Å². The van der Waals surface area contributed by atoms with Crippen LogP contribution in [0.1, 0.15) is 34.3 Å². The Morgan fingerprint density at radius 2 is 1.68 bits per heavy atom. The van der Waals surface area contributed by atoms with Gasteiger partial charge < -0.3 is 30.7 Å². The van der Waals surface area contributed by atoms with Gasteiger partial charge in [-0.3, -0.25) is 4.79 Å². The number of anilines is 3. The second kappa shape index (κ2) is 12.1. The summed E-state index contributed by atoms with van der Waals surface area (Å²) in [6.07, 6.45) is 1.92. The zero-order valence-corrected chi connectivity index (χ0v) is 21.5. The van der Waals surface area contributed by atoms with E-state index in [-0.39, 0.29) is 23.9 Å². The molecular weight excluding hydrogens is 484 g/mol. The molecule has 4 N–H and O–H groups in total. The number of nitrogens with zero attached hydrogens (tertiary/aromatic N) is 1. The lowest BCUT2D eigenvalue weighted by Crippen LogP contribution is -2.40. The zero-order chi connectivity index (χ0) is 27.1. The second-order valence-electron chi connectivity index (χ2n) is 9.22. The molecule has 1 aliphatic rings. The average molecular weight is 517 g/mol. The lowest BCUT2D eigenvalue weighted by atomic mass is 10.1. The Morgan fingerprint density at radius 3 is 2.42 bits per heavy atom. The molecule has 1 aliphatic heterocycles. The summed E-state index contributed by atoms with van der Waals surface area (Å²) in [6.45, 7) is 3.04. The van der Waals surface area contributed by atoms with E-state index in [2.05, 4.69) is 16.0 Å². The van der Waals surface area contributed by atoms with Crippen LogP contribution in [-0.4, -0.2) is 54.2 Å². The monoisotopic (exact) mass is 516 g/mol. The number of carboxylic acids is 1. The highest BCUT2D eigenvalue weighted by atomic mass is 16.5. The largest absolute Gasteiger partial charge is 0.495 e. The van der Waals surface area contributed by atoms with Crippen LogP contribution in [0.2, 0.25) is 0 Å². The molecule has 0 bridgehead atoms. The minimum absolute atomic E-state index is 0.0131. The van der Waals surface area contributed by atoms with E-state index in [1.165, 1.54) is 7.11 Å². The van der Waals surface area contributed by atoms with Gasteiger partial charge in [0.15, 0.2) is 0 Å². The number of carboxylic acid groups (broad SMARTS) is 1. The summed E-state index contributed by atoms with van der Waals surface area (Å²) in [4.78, 5) is 39.0. The van der Waals surface area contributed by atoms with Crippen LogP contribution in [0.25, 0.3) is 0 Å². The minimum atomic E-state index is -0.994. The van der Waals surface area contributed by atoms with E-state index in [1.807, 2.05) is 36.1 Å². The molecule has 198 valence electrons. The Hall–Kier alpha value is -4.53. The molecule has 4 rings (SSSR count). The van der Waals surface area contributed by atoms with Crippen LogP contribution in [0.3, 0.4) is 0 Å². The SMILES string of the molecule is COc1cc(CC(=O)N2CCCC2CNc2ccccc2C(=O)O)ccc1NC(=O)Nc1ccccc1C. The summed E-state index contributed by atoms with van der Waals surface area (Å²) in [6, 6.07) is 19.1. The van der Waals surface area contributed by atoms with E-state index >= 15 is 0 Å². The first kappa shape index (κ1) is 26.5. The third-order valence-electron chi connectivity index (χ3n) is 6.65. The molecule has 1 atom stereocenters. The first-order valence-electron chi connectivity index (χ1n) is 12.5. The molecule has 1 heterocycles. The standard InChI is InChI=1S/C29H32N4O5/c1-19-8-3-5-11-23(19)31-29(37)32-25-14-13-20(16-26(25)38-2)17-27(34)33-15-7-9-21(33)18-30-24-12-6-4-10-22(24)28(35)36/h3-6,8,10-14,16,21,30H,7,9,15,17-18H2,1-2H3,(H,35,36)(H2,31,32,37). The average Bonchev–Trinajstić information content (AvgIpc) is 3.38. The summed E-state index contributed by atoms with van der Waals surface area (Å²) in [7, 11) is 1.52. The normalized spacial score (nSPS) is 14.6. The number of aromatic carboxylic acids is 1. The lowest BCUT2D eigenvalue weighted by Gasteiger charge is -2.26. The number of carbonyl (C=O) groups is 3. The van der Waals surface area contributed by atoms with Crippen LogP contribution >= 0.6 is 0 Å². The van der Waals surface area contributed by atoms with Gasteiger partial charge in [-0.05, 0) is 61.2 Å². The number of hydrogen-bond donors (Lipinski definition) is 4. The predicted molar refractivity (Wildman–Crippen MR) is 147 cm³/mol. The molecule has 3 aromatic rings. The van der Waals surface area contributed by atoms with Gasteiger partial charge in [-0.1, -0.05) is 36.4 Å². The fourth-order valence-electron chi connectivity index (χ4n) is 4.64. The van der Waals surface area contributed by atoms with Crippen molar-refractivity contribution in [3.63, 3.8) is 0 Å². The molecule has 1 fully saturated rings. The molecule has 0 saturated carbocycles. The van der Waals surface area contributed by atoms with Crippen molar-refractivity contribution in [1.82, 2.24) is 4.90 Å². The van der Waals surface area contributed by atoms with Gasteiger partial charge in [0, 0.05) is 30.5 Å².